The summed E-state index contributed by atoms with van der Waals surface area (Å²) in [5, 5.41) is 3.17. The van der Waals surface area contributed by atoms with Crippen LogP contribution in [0.2, 0.25) is 5.02 Å². The van der Waals surface area contributed by atoms with Gasteiger partial charge in [0.25, 0.3) is 0 Å². The van der Waals surface area contributed by atoms with Crippen molar-refractivity contribution in [3.05, 3.63) is 23.2 Å². The molecule has 1 heterocycles. The fourth-order valence-corrected chi connectivity index (χ4v) is 2.82. The standard InChI is InChI=1S/C20H31BClNO5/c1-18(2,3)26-17(24)23-12-9-13-25-15-11-8-10-14(16(15)22)21-27-19(4,5)20(6,7)28-21/h8,10-11H,9,12-13H2,1-7H3,(H,23,24). The van der Waals surface area contributed by atoms with Crippen LogP contribution in [0.15, 0.2) is 18.2 Å². The van der Waals surface area contributed by atoms with E-state index in [1.54, 1.807) is 6.07 Å². The third-order valence-electron chi connectivity index (χ3n) is 4.75. The van der Waals surface area contributed by atoms with Crippen LogP contribution in [0.5, 0.6) is 5.75 Å². The number of carbonyl (C=O) groups is 1. The van der Waals surface area contributed by atoms with Gasteiger partial charge in [-0.3, -0.25) is 0 Å². The summed E-state index contributed by atoms with van der Waals surface area (Å²) in [6.45, 7) is 14.3. The molecule has 2 rings (SSSR count). The van der Waals surface area contributed by atoms with Crippen molar-refractivity contribution in [2.75, 3.05) is 13.2 Å². The van der Waals surface area contributed by atoms with Crippen LogP contribution in [-0.2, 0) is 14.0 Å². The lowest BCUT2D eigenvalue weighted by atomic mass is 9.79. The van der Waals surface area contributed by atoms with E-state index in [-0.39, 0.29) is 0 Å². The molecule has 28 heavy (non-hydrogen) atoms. The maximum absolute atomic E-state index is 11.6. The molecular formula is C20H31BClNO5. The monoisotopic (exact) mass is 411 g/mol. The van der Waals surface area contributed by atoms with Gasteiger partial charge in [0.05, 0.1) is 22.8 Å². The van der Waals surface area contributed by atoms with Crippen LogP contribution < -0.4 is 15.5 Å². The summed E-state index contributed by atoms with van der Waals surface area (Å²) in [6, 6.07) is 5.54. The van der Waals surface area contributed by atoms with Crippen molar-refractivity contribution in [3.8, 4) is 5.75 Å². The van der Waals surface area contributed by atoms with Crippen molar-refractivity contribution < 1.29 is 23.6 Å². The van der Waals surface area contributed by atoms with Crippen LogP contribution in [0.3, 0.4) is 0 Å². The first kappa shape index (κ1) is 22.8. The highest BCUT2D eigenvalue weighted by Gasteiger charge is 2.52. The second-order valence-corrected chi connectivity index (χ2v) is 9.26. The molecule has 8 heteroatoms. The molecule has 1 saturated heterocycles. The number of nitrogens with one attached hydrogen (secondary N) is 1. The molecule has 1 aromatic rings. The Morgan fingerprint density at radius 3 is 2.36 bits per heavy atom. The average Bonchev–Trinajstić information content (AvgIpc) is 2.74. The number of carbonyl (C=O) groups excluding carboxylic acids is 1. The SMILES string of the molecule is CC(C)(C)OC(=O)NCCCOc1cccc(B2OC(C)(C)C(C)(C)O2)c1Cl. The van der Waals surface area contributed by atoms with Crippen molar-refractivity contribution in [1.29, 1.82) is 0 Å². The minimum absolute atomic E-state index is 0.405. The van der Waals surface area contributed by atoms with Crippen molar-refractivity contribution >= 4 is 30.3 Å². The van der Waals surface area contributed by atoms with Crippen molar-refractivity contribution in [2.45, 2.75) is 71.7 Å². The summed E-state index contributed by atoms with van der Waals surface area (Å²) in [6.07, 6.45) is 0.185. The molecule has 0 saturated carbocycles. The molecule has 1 N–H and O–H groups in total. The van der Waals surface area contributed by atoms with Gasteiger partial charge in [0.2, 0.25) is 0 Å². The minimum Gasteiger partial charge on any atom is -0.492 e. The van der Waals surface area contributed by atoms with E-state index in [4.69, 9.17) is 30.4 Å². The Bertz CT molecular complexity index is 686. The molecule has 0 aromatic heterocycles. The van der Waals surface area contributed by atoms with E-state index in [0.717, 1.165) is 5.46 Å². The molecule has 1 aliphatic heterocycles. The molecule has 0 atom stereocenters. The third kappa shape index (κ3) is 5.78. The zero-order valence-electron chi connectivity index (χ0n) is 17.8. The summed E-state index contributed by atoms with van der Waals surface area (Å²) < 4.78 is 23.1. The van der Waals surface area contributed by atoms with Crippen LogP contribution in [0.25, 0.3) is 0 Å². The lowest BCUT2D eigenvalue weighted by Gasteiger charge is -2.32. The molecule has 0 spiro atoms. The first-order valence-corrected chi connectivity index (χ1v) is 9.94. The van der Waals surface area contributed by atoms with Crippen LogP contribution in [-0.4, -0.2) is 43.2 Å². The summed E-state index contributed by atoms with van der Waals surface area (Å²) in [7, 11) is -0.546. The number of hydrogen-bond donors (Lipinski definition) is 1. The normalized spacial score (nSPS) is 18.1. The Morgan fingerprint density at radius 2 is 1.79 bits per heavy atom. The number of halogens is 1. The van der Waals surface area contributed by atoms with Gasteiger partial charge in [-0.2, -0.15) is 0 Å². The van der Waals surface area contributed by atoms with Gasteiger partial charge >= 0.3 is 13.2 Å². The number of hydrogen-bond acceptors (Lipinski definition) is 5. The van der Waals surface area contributed by atoms with Gasteiger partial charge < -0.3 is 24.1 Å². The second-order valence-electron chi connectivity index (χ2n) is 8.88. The maximum atomic E-state index is 11.6. The molecule has 1 amide bonds. The van der Waals surface area contributed by atoms with Crippen LogP contribution >= 0.6 is 11.6 Å². The first-order chi connectivity index (χ1) is 12.8. The highest BCUT2D eigenvalue weighted by Crippen LogP contribution is 2.37. The number of ether oxygens (including phenoxy) is 2. The minimum atomic E-state index is -0.546. The van der Waals surface area contributed by atoms with Crippen molar-refractivity contribution in [1.82, 2.24) is 5.32 Å². The smallest absolute Gasteiger partial charge is 0.492 e. The molecule has 0 bridgehead atoms. The average molecular weight is 412 g/mol. The van der Waals surface area contributed by atoms with E-state index < -0.39 is 30.0 Å². The Labute approximate surface area is 173 Å². The van der Waals surface area contributed by atoms with E-state index in [0.29, 0.717) is 30.3 Å². The van der Waals surface area contributed by atoms with E-state index in [1.807, 2.05) is 60.6 Å². The van der Waals surface area contributed by atoms with E-state index in [9.17, 15) is 4.79 Å². The Hall–Kier alpha value is -1.44. The van der Waals surface area contributed by atoms with Crippen LogP contribution in [0, 0.1) is 0 Å². The van der Waals surface area contributed by atoms with Gasteiger partial charge in [0.15, 0.2) is 0 Å². The number of benzene rings is 1. The molecule has 156 valence electrons. The first-order valence-electron chi connectivity index (χ1n) is 9.56. The van der Waals surface area contributed by atoms with Crippen LogP contribution in [0.4, 0.5) is 4.79 Å². The zero-order valence-corrected chi connectivity index (χ0v) is 18.6. The molecule has 0 radical (unpaired) electrons. The van der Waals surface area contributed by atoms with Gasteiger partial charge in [-0.25, -0.2) is 4.79 Å². The molecule has 0 aliphatic carbocycles. The molecule has 1 aliphatic rings. The lowest BCUT2D eigenvalue weighted by molar-refractivity contribution is 0.00578. The Kier molecular flexibility index (Phi) is 6.95. The third-order valence-corrected chi connectivity index (χ3v) is 5.15. The topological polar surface area (TPSA) is 66.0 Å². The lowest BCUT2D eigenvalue weighted by Crippen LogP contribution is -2.41. The summed E-state index contributed by atoms with van der Waals surface area (Å²) >= 11 is 6.54. The second kappa shape index (κ2) is 8.51. The fourth-order valence-electron chi connectivity index (χ4n) is 2.55. The maximum Gasteiger partial charge on any atom is 0.496 e. The quantitative estimate of drug-likeness (QED) is 0.567. The van der Waals surface area contributed by atoms with Gasteiger partial charge in [-0.05, 0) is 61.0 Å². The molecule has 0 unspecified atom stereocenters. The molecule has 6 nitrogen and oxygen atoms in total. The highest BCUT2D eigenvalue weighted by atomic mass is 35.5. The number of rotatable bonds is 6. The Morgan fingerprint density at radius 1 is 1.18 bits per heavy atom. The van der Waals surface area contributed by atoms with Gasteiger partial charge in [0.1, 0.15) is 11.4 Å². The van der Waals surface area contributed by atoms with Gasteiger partial charge in [-0.15, -0.1) is 0 Å². The van der Waals surface area contributed by atoms with Crippen molar-refractivity contribution in [2.24, 2.45) is 0 Å². The van der Waals surface area contributed by atoms with E-state index in [1.165, 1.54) is 0 Å². The summed E-state index contributed by atoms with van der Waals surface area (Å²) in [5.74, 6) is 0.561. The van der Waals surface area contributed by atoms with Gasteiger partial charge in [-0.1, -0.05) is 23.7 Å². The zero-order chi connectivity index (χ0) is 21.2. The fraction of sp³-hybridized carbons (Fsp3) is 0.650. The predicted molar refractivity (Wildman–Crippen MR) is 112 cm³/mol. The summed E-state index contributed by atoms with van der Waals surface area (Å²) in [5.41, 5.74) is -0.650. The number of alkyl carbamates (subject to hydrolysis) is 1. The van der Waals surface area contributed by atoms with E-state index >= 15 is 0 Å². The largest absolute Gasteiger partial charge is 0.496 e. The van der Waals surface area contributed by atoms with Crippen LogP contribution in [0.1, 0.15) is 54.9 Å². The highest BCUT2D eigenvalue weighted by molar-refractivity contribution is 6.66. The van der Waals surface area contributed by atoms with Crippen molar-refractivity contribution in [3.63, 3.8) is 0 Å². The molecule has 1 aromatic carbocycles. The van der Waals surface area contributed by atoms with Gasteiger partial charge in [0, 0.05) is 12.0 Å². The molecular weight excluding hydrogens is 380 g/mol. The number of amides is 1. The molecule has 1 fully saturated rings. The predicted octanol–water partition coefficient (Wildman–Crippen LogP) is 3.93. The van der Waals surface area contributed by atoms with E-state index in [2.05, 4.69) is 5.32 Å². The Balaban J connectivity index is 1.88. The summed E-state index contributed by atoms with van der Waals surface area (Å²) in [4.78, 5) is 11.6.